The number of carbonyl (C=O) groups is 1. The minimum absolute atomic E-state index is 0.0897. The molecule has 0 aliphatic heterocycles. The van der Waals surface area contributed by atoms with Crippen LogP contribution in [0.25, 0.3) is 0 Å². The molecule has 0 saturated carbocycles. The standard InChI is InChI=1S/C9H13N3O/c1-4-5-11-9(13)8(6-10)7-12(2)3/h4,7H,1,5H2,2-3H3,(H,11,13)/b8-7+. The van der Waals surface area contributed by atoms with Gasteiger partial charge in [0.25, 0.3) is 5.91 Å². The van der Waals surface area contributed by atoms with E-state index < -0.39 is 0 Å². The van der Waals surface area contributed by atoms with Gasteiger partial charge in [-0.1, -0.05) is 6.08 Å². The lowest BCUT2D eigenvalue weighted by atomic mass is 10.3. The van der Waals surface area contributed by atoms with Crippen molar-refractivity contribution in [3.8, 4) is 6.07 Å². The average molecular weight is 179 g/mol. The van der Waals surface area contributed by atoms with Gasteiger partial charge < -0.3 is 10.2 Å². The summed E-state index contributed by atoms with van der Waals surface area (Å²) >= 11 is 0. The normalized spacial score (nSPS) is 10.1. The molecule has 0 rings (SSSR count). The Morgan fingerprint density at radius 2 is 2.31 bits per heavy atom. The van der Waals surface area contributed by atoms with Gasteiger partial charge in [-0.05, 0) is 0 Å². The first-order valence-corrected chi connectivity index (χ1v) is 3.79. The number of nitrogens with zero attached hydrogens (tertiary/aromatic N) is 2. The summed E-state index contributed by atoms with van der Waals surface area (Å²) in [6.07, 6.45) is 3.03. The summed E-state index contributed by atoms with van der Waals surface area (Å²) in [5.74, 6) is -0.379. The Kier molecular flexibility index (Phi) is 5.05. The summed E-state index contributed by atoms with van der Waals surface area (Å²) in [5.41, 5.74) is 0.0897. The van der Waals surface area contributed by atoms with Gasteiger partial charge in [0.05, 0.1) is 0 Å². The van der Waals surface area contributed by atoms with Crippen molar-refractivity contribution in [2.75, 3.05) is 20.6 Å². The Morgan fingerprint density at radius 3 is 2.69 bits per heavy atom. The van der Waals surface area contributed by atoms with Gasteiger partial charge in [-0.15, -0.1) is 6.58 Å². The third-order valence-corrected chi connectivity index (χ3v) is 1.16. The Labute approximate surface area is 78.1 Å². The molecule has 0 unspecified atom stereocenters. The van der Waals surface area contributed by atoms with Gasteiger partial charge in [-0.3, -0.25) is 4.79 Å². The molecule has 0 saturated heterocycles. The second kappa shape index (κ2) is 5.84. The third kappa shape index (κ3) is 4.64. The molecule has 13 heavy (non-hydrogen) atoms. The third-order valence-electron chi connectivity index (χ3n) is 1.16. The summed E-state index contributed by atoms with van der Waals surface area (Å²) in [5, 5.41) is 11.1. The maximum Gasteiger partial charge on any atom is 0.263 e. The van der Waals surface area contributed by atoms with Crippen LogP contribution in [0.5, 0.6) is 0 Å². The minimum atomic E-state index is -0.379. The summed E-state index contributed by atoms with van der Waals surface area (Å²) in [4.78, 5) is 12.8. The molecule has 70 valence electrons. The molecular formula is C9H13N3O. The van der Waals surface area contributed by atoms with Crippen LogP contribution in [-0.2, 0) is 4.79 Å². The molecule has 1 N–H and O–H groups in total. The zero-order chi connectivity index (χ0) is 10.3. The molecule has 0 atom stereocenters. The molecule has 0 bridgehead atoms. The van der Waals surface area contributed by atoms with E-state index in [-0.39, 0.29) is 11.5 Å². The molecule has 1 amide bonds. The molecule has 4 heteroatoms. The first-order valence-electron chi connectivity index (χ1n) is 3.79. The summed E-state index contributed by atoms with van der Waals surface area (Å²) in [6, 6.07) is 1.82. The lowest BCUT2D eigenvalue weighted by Gasteiger charge is -2.05. The fourth-order valence-corrected chi connectivity index (χ4v) is 0.657. The van der Waals surface area contributed by atoms with E-state index >= 15 is 0 Å². The number of amides is 1. The predicted octanol–water partition coefficient (Wildman–Crippen LogP) is 0.258. The van der Waals surface area contributed by atoms with Crippen LogP contribution in [0, 0.1) is 11.3 Å². The van der Waals surface area contributed by atoms with Gasteiger partial charge in [0.15, 0.2) is 0 Å². The molecule has 0 heterocycles. The largest absolute Gasteiger partial charge is 0.382 e. The molecule has 0 aliphatic rings. The molecule has 0 aromatic rings. The first-order chi connectivity index (χ1) is 6.11. The van der Waals surface area contributed by atoms with Gasteiger partial charge in [-0.25, -0.2) is 0 Å². The maximum atomic E-state index is 11.2. The predicted molar refractivity (Wildman–Crippen MR) is 50.6 cm³/mol. The zero-order valence-corrected chi connectivity index (χ0v) is 7.87. The summed E-state index contributed by atoms with van der Waals surface area (Å²) in [7, 11) is 3.50. The Morgan fingerprint density at radius 1 is 1.69 bits per heavy atom. The molecule has 0 spiro atoms. The van der Waals surface area contributed by atoms with E-state index in [1.807, 2.05) is 6.07 Å². The molecule has 0 aromatic carbocycles. The van der Waals surface area contributed by atoms with Crippen LogP contribution in [0.4, 0.5) is 0 Å². The number of carbonyl (C=O) groups excluding carboxylic acids is 1. The van der Waals surface area contributed by atoms with Gasteiger partial charge in [-0.2, -0.15) is 5.26 Å². The Bertz CT molecular complexity index is 261. The number of nitrogens with one attached hydrogen (secondary N) is 1. The van der Waals surface area contributed by atoms with Crippen LogP contribution < -0.4 is 5.32 Å². The van der Waals surface area contributed by atoms with Crippen LogP contribution >= 0.6 is 0 Å². The van der Waals surface area contributed by atoms with Crippen molar-refractivity contribution >= 4 is 5.91 Å². The van der Waals surface area contributed by atoms with Crippen molar-refractivity contribution in [2.24, 2.45) is 0 Å². The fraction of sp³-hybridized carbons (Fsp3) is 0.333. The van der Waals surface area contributed by atoms with Crippen LogP contribution in [0.15, 0.2) is 24.4 Å². The van der Waals surface area contributed by atoms with E-state index in [1.165, 1.54) is 6.20 Å². The highest BCUT2D eigenvalue weighted by Crippen LogP contribution is 1.93. The zero-order valence-electron chi connectivity index (χ0n) is 7.87. The molecule has 4 nitrogen and oxygen atoms in total. The van der Waals surface area contributed by atoms with Crippen LogP contribution in [-0.4, -0.2) is 31.4 Å². The Balaban J connectivity index is 4.34. The molecule has 0 aromatic heterocycles. The number of hydrogen-bond acceptors (Lipinski definition) is 3. The summed E-state index contributed by atoms with van der Waals surface area (Å²) < 4.78 is 0. The van der Waals surface area contributed by atoms with Crippen LogP contribution in [0.2, 0.25) is 0 Å². The van der Waals surface area contributed by atoms with Gasteiger partial charge in [0, 0.05) is 26.8 Å². The second-order valence-corrected chi connectivity index (χ2v) is 2.62. The molecule has 0 radical (unpaired) electrons. The van der Waals surface area contributed by atoms with E-state index in [0.29, 0.717) is 6.54 Å². The van der Waals surface area contributed by atoms with E-state index in [4.69, 9.17) is 5.26 Å². The lowest BCUT2D eigenvalue weighted by Crippen LogP contribution is -2.25. The van der Waals surface area contributed by atoms with E-state index in [9.17, 15) is 4.79 Å². The Hall–Kier alpha value is -1.76. The van der Waals surface area contributed by atoms with Gasteiger partial charge in [0.1, 0.15) is 11.6 Å². The van der Waals surface area contributed by atoms with Gasteiger partial charge >= 0.3 is 0 Å². The number of rotatable bonds is 4. The van der Waals surface area contributed by atoms with Crippen molar-refractivity contribution in [1.29, 1.82) is 5.26 Å². The molecular weight excluding hydrogens is 166 g/mol. The second-order valence-electron chi connectivity index (χ2n) is 2.62. The first kappa shape index (κ1) is 11.2. The van der Waals surface area contributed by atoms with Crippen molar-refractivity contribution in [2.45, 2.75) is 0 Å². The smallest absolute Gasteiger partial charge is 0.263 e. The van der Waals surface area contributed by atoms with E-state index in [0.717, 1.165) is 0 Å². The van der Waals surface area contributed by atoms with E-state index in [1.54, 1.807) is 25.1 Å². The fourth-order valence-electron chi connectivity index (χ4n) is 0.657. The van der Waals surface area contributed by atoms with Crippen molar-refractivity contribution in [3.05, 3.63) is 24.4 Å². The quantitative estimate of drug-likeness (QED) is 0.382. The lowest BCUT2D eigenvalue weighted by molar-refractivity contribution is -0.116. The average Bonchev–Trinajstić information content (AvgIpc) is 2.09. The number of nitriles is 1. The van der Waals surface area contributed by atoms with E-state index in [2.05, 4.69) is 11.9 Å². The SMILES string of the molecule is C=CCNC(=O)/C(C#N)=C/N(C)C. The topological polar surface area (TPSA) is 56.1 Å². The minimum Gasteiger partial charge on any atom is -0.382 e. The highest BCUT2D eigenvalue weighted by atomic mass is 16.1. The van der Waals surface area contributed by atoms with Crippen molar-refractivity contribution < 1.29 is 4.79 Å². The van der Waals surface area contributed by atoms with Crippen molar-refractivity contribution in [1.82, 2.24) is 10.2 Å². The van der Waals surface area contributed by atoms with Crippen LogP contribution in [0.1, 0.15) is 0 Å². The highest BCUT2D eigenvalue weighted by molar-refractivity contribution is 5.97. The molecule has 0 aliphatic carbocycles. The maximum absolute atomic E-state index is 11.2. The number of hydrogen-bond donors (Lipinski definition) is 1. The summed E-state index contributed by atoms with van der Waals surface area (Å²) in [6.45, 7) is 3.82. The van der Waals surface area contributed by atoms with Crippen LogP contribution in [0.3, 0.4) is 0 Å². The highest BCUT2D eigenvalue weighted by Gasteiger charge is 2.06. The monoisotopic (exact) mass is 179 g/mol. The molecule has 0 fully saturated rings. The van der Waals surface area contributed by atoms with Gasteiger partial charge in [0.2, 0.25) is 0 Å². The van der Waals surface area contributed by atoms with Crippen molar-refractivity contribution in [3.63, 3.8) is 0 Å².